The minimum Gasteiger partial charge on any atom is -0.453 e. The second kappa shape index (κ2) is 10.6. The highest BCUT2D eigenvalue weighted by molar-refractivity contribution is 6.14. The van der Waals surface area contributed by atoms with E-state index in [1.54, 1.807) is 24.3 Å². The molecule has 218 valence electrons. The smallest absolute Gasteiger partial charge is 0.196 e. The van der Waals surface area contributed by atoms with Gasteiger partial charge >= 0.3 is 0 Å². The van der Waals surface area contributed by atoms with Gasteiger partial charge in [-0.2, -0.15) is 0 Å². The first-order valence-corrected chi connectivity index (χ1v) is 15.0. The lowest BCUT2D eigenvalue weighted by Crippen LogP contribution is -2.47. The van der Waals surface area contributed by atoms with Gasteiger partial charge in [-0.3, -0.25) is 14.5 Å². The predicted molar refractivity (Wildman–Crippen MR) is 178 cm³/mol. The number of benzene rings is 5. The van der Waals surface area contributed by atoms with Crippen molar-refractivity contribution in [3.05, 3.63) is 105 Å². The molecule has 43 heavy (non-hydrogen) atoms. The highest BCUT2D eigenvalue weighted by atomic mass is 16.3. The number of hydrogen-bond donors (Lipinski definition) is 2. The van der Waals surface area contributed by atoms with Crippen molar-refractivity contribution in [3.63, 3.8) is 0 Å². The molecule has 2 heterocycles. The summed E-state index contributed by atoms with van der Waals surface area (Å²) in [6.07, 6.45) is 0. The summed E-state index contributed by atoms with van der Waals surface area (Å²) in [5, 5.41) is 5.15. The number of aromatic amines is 1. The Hall–Kier alpha value is -4.62. The molecule has 0 radical (unpaired) electrons. The van der Waals surface area contributed by atoms with E-state index in [0.717, 1.165) is 43.8 Å². The zero-order chi connectivity index (χ0) is 29.7. The number of nitrogens with one attached hydrogen (secondary N) is 2. The number of aromatic nitrogens is 1. The molecule has 0 atom stereocenters. The normalized spacial score (nSPS) is 14.7. The van der Waals surface area contributed by atoms with Crippen LogP contribution in [0, 0.1) is 0 Å². The minimum atomic E-state index is -0.173. The van der Waals surface area contributed by atoms with Crippen LogP contribution in [0.25, 0.3) is 43.7 Å². The molecule has 1 fully saturated rings. The van der Waals surface area contributed by atoms with Crippen LogP contribution < -0.4 is 21.1 Å². The highest BCUT2D eigenvalue weighted by Crippen LogP contribution is 2.33. The third-order valence-corrected chi connectivity index (χ3v) is 8.73. The summed E-state index contributed by atoms with van der Waals surface area (Å²) in [5.41, 5.74) is 5.24. The van der Waals surface area contributed by atoms with Crippen molar-refractivity contribution < 1.29 is 4.42 Å². The largest absolute Gasteiger partial charge is 0.453 e. The van der Waals surface area contributed by atoms with Gasteiger partial charge < -0.3 is 19.6 Å². The maximum absolute atomic E-state index is 14.0. The molecular weight excluding hydrogens is 536 g/mol. The maximum atomic E-state index is 14.0. The van der Waals surface area contributed by atoms with Crippen LogP contribution in [0.3, 0.4) is 0 Å². The Morgan fingerprint density at radius 2 is 1.47 bits per heavy atom. The van der Waals surface area contributed by atoms with E-state index in [1.807, 2.05) is 18.2 Å². The molecule has 0 spiro atoms. The van der Waals surface area contributed by atoms with Gasteiger partial charge in [0.2, 0.25) is 0 Å². The predicted octanol–water partition coefficient (Wildman–Crippen LogP) is 6.47. The molecule has 5 aromatic carbocycles. The van der Waals surface area contributed by atoms with Crippen LogP contribution in [-0.4, -0.2) is 49.2 Å². The monoisotopic (exact) mass is 572 g/mol. The van der Waals surface area contributed by atoms with Gasteiger partial charge in [-0.1, -0.05) is 69.3 Å². The van der Waals surface area contributed by atoms with Crippen molar-refractivity contribution in [2.45, 2.75) is 26.2 Å². The van der Waals surface area contributed by atoms with Gasteiger partial charge in [-0.25, -0.2) is 0 Å². The fourth-order valence-corrected chi connectivity index (χ4v) is 6.26. The van der Waals surface area contributed by atoms with E-state index >= 15 is 0 Å². The molecule has 0 bridgehead atoms. The molecule has 7 heteroatoms. The summed E-state index contributed by atoms with van der Waals surface area (Å²) in [6.45, 7) is 11.8. The number of rotatable bonds is 5. The van der Waals surface area contributed by atoms with Crippen LogP contribution in [0.15, 0.2) is 92.9 Å². The summed E-state index contributed by atoms with van der Waals surface area (Å²) >= 11 is 0. The molecule has 1 aliphatic heterocycles. The fraction of sp³-hybridized carbons (Fsp3) is 0.278. The SMILES string of the molecule is CC(C)(C)c1ccc2[nH]c3c(cc(NCCN4CCN(c5ccccc5)CC4)c4c(=O)c5ccccc5c(=O)c43)oc2c1. The van der Waals surface area contributed by atoms with E-state index in [2.05, 4.69) is 77.3 Å². The average Bonchev–Trinajstić information content (AvgIpc) is 3.02. The standard InChI is InChI=1S/C36H36N4O3/c1-36(2,3)23-13-14-27-29(21-23)43-30-22-28(37-15-16-39-17-19-40(20-18-39)24-9-5-4-6-10-24)31-32(33(30)38-27)35(42)26-12-8-7-11-25(26)34(31)41/h4-14,21-22,37-38H,15-20H2,1-3H3. The Labute approximate surface area is 249 Å². The molecule has 1 aromatic heterocycles. The Balaban J connectivity index is 1.27. The third kappa shape index (κ3) is 4.93. The molecule has 0 aliphatic carbocycles. The molecule has 0 saturated carbocycles. The van der Waals surface area contributed by atoms with Crippen molar-refractivity contribution in [3.8, 4) is 0 Å². The minimum absolute atomic E-state index is 0.0418. The van der Waals surface area contributed by atoms with Gasteiger partial charge in [-0.05, 0) is 35.2 Å². The van der Waals surface area contributed by atoms with Gasteiger partial charge in [0.1, 0.15) is 0 Å². The molecule has 6 aromatic rings. The average molecular weight is 573 g/mol. The van der Waals surface area contributed by atoms with E-state index < -0.39 is 0 Å². The number of anilines is 2. The fourth-order valence-electron chi connectivity index (χ4n) is 6.26. The van der Waals surface area contributed by atoms with E-state index in [-0.39, 0.29) is 16.3 Å². The third-order valence-electron chi connectivity index (χ3n) is 8.73. The second-order valence-corrected chi connectivity index (χ2v) is 12.5. The van der Waals surface area contributed by atoms with E-state index in [1.165, 1.54) is 5.69 Å². The van der Waals surface area contributed by atoms with Crippen molar-refractivity contribution in [2.24, 2.45) is 0 Å². The molecule has 1 saturated heterocycles. The molecule has 1 aliphatic rings. The quantitative estimate of drug-likeness (QED) is 0.182. The molecule has 2 N–H and O–H groups in total. The molecular formula is C36H36N4O3. The Morgan fingerprint density at radius 3 is 2.16 bits per heavy atom. The number of para-hydroxylation sites is 1. The summed E-state index contributed by atoms with van der Waals surface area (Å²) in [5.74, 6) is 0. The van der Waals surface area contributed by atoms with Crippen molar-refractivity contribution in [1.82, 2.24) is 9.88 Å². The molecule has 7 nitrogen and oxygen atoms in total. The Bertz CT molecular complexity index is 2100. The summed E-state index contributed by atoms with van der Waals surface area (Å²) < 4.78 is 6.46. The van der Waals surface area contributed by atoms with Crippen molar-refractivity contribution in [1.29, 1.82) is 0 Å². The van der Waals surface area contributed by atoms with Crippen LogP contribution in [-0.2, 0) is 5.41 Å². The first kappa shape index (κ1) is 27.2. The number of hydrogen-bond acceptors (Lipinski definition) is 6. The van der Waals surface area contributed by atoms with E-state index in [9.17, 15) is 9.59 Å². The molecule has 0 amide bonds. The number of H-pyrrole nitrogens is 1. The lowest BCUT2D eigenvalue weighted by Gasteiger charge is -2.36. The topological polar surface area (TPSA) is 81.6 Å². The summed E-state index contributed by atoms with van der Waals surface area (Å²) in [6, 6.07) is 25.6. The van der Waals surface area contributed by atoms with Crippen LogP contribution in [0.5, 0.6) is 0 Å². The Kier molecular flexibility index (Phi) is 6.70. The summed E-state index contributed by atoms with van der Waals surface area (Å²) in [7, 11) is 0. The highest BCUT2D eigenvalue weighted by Gasteiger charge is 2.21. The van der Waals surface area contributed by atoms with Crippen molar-refractivity contribution >= 4 is 55.1 Å². The number of nitrogens with zero attached hydrogens (tertiary/aromatic N) is 2. The van der Waals surface area contributed by atoms with Crippen molar-refractivity contribution in [2.75, 3.05) is 49.5 Å². The van der Waals surface area contributed by atoms with Crippen LogP contribution in [0.1, 0.15) is 26.3 Å². The first-order valence-electron chi connectivity index (χ1n) is 15.0. The van der Waals surface area contributed by atoms with Crippen LogP contribution >= 0.6 is 0 Å². The first-order chi connectivity index (χ1) is 20.8. The number of fused-ring (bicyclic) bond motifs is 5. The maximum Gasteiger partial charge on any atom is 0.196 e. The zero-order valence-electron chi connectivity index (χ0n) is 24.9. The van der Waals surface area contributed by atoms with Gasteiger partial charge in [0.15, 0.2) is 22.0 Å². The second-order valence-electron chi connectivity index (χ2n) is 12.5. The Morgan fingerprint density at radius 1 is 0.791 bits per heavy atom. The molecule has 0 unspecified atom stereocenters. The van der Waals surface area contributed by atoms with E-state index in [0.29, 0.717) is 50.5 Å². The lowest BCUT2D eigenvalue weighted by atomic mass is 9.87. The van der Waals surface area contributed by atoms with E-state index in [4.69, 9.17) is 4.42 Å². The molecule has 7 rings (SSSR count). The number of piperazine rings is 1. The van der Waals surface area contributed by atoms with Gasteiger partial charge in [0.05, 0.1) is 27.5 Å². The lowest BCUT2D eigenvalue weighted by molar-refractivity contribution is 0.267. The van der Waals surface area contributed by atoms with Crippen LogP contribution in [0.2, 0.25) is 0 Å². The van der Waals surface area contributed by atoms with Gasteiger partial charge in [0.25, 0.3) is 0 Å². The van der Waals surface area contributed by atoms with Crippen LogP contribution in [0.4, 0.5) is 11.4 Å². The summed E-state index contributed by atoms with van der Waals surface area (Å²) in [4.78, 5) is 36.2. The zero-order valence-corrected chi connectivity index (χ0v) is 24.9. The van der Waals surface area contributed by atoms with Gasteiger partial charge in [-0.15, -0.1) is 0 Å². The van der Waals surface area contributed by atoms with Gasteiger partial charge in [0, 0.05) is 61.8 Å².